The molecular weight excluding hydrogens is 394 g/mol. The molecule has 1 aromatic carbocycles. The number of benzene rings is 1. The lowest BCUT2D eigenvalue weighted by Gasteiger charge is -2.13. The van der Waals surface area contributed by atoms with Crippen molar-refractivity contribution in [1.29, 1.82) is 0 Å². The van der Waals surface area contributed by atoms with Crippen LogP contribution >= 0.6 is 15.9 Å². The van der Waals surface area contributed by atoms with Crippen LogP contribution in [0.1, 0.15) is 119 Å². The van der Waals surface area contributed by atoms with Crippen molar-refractivity contribution in [2.45, 2.75) is 122 Å². The maximum Gasteiger partial charge on any atom is 0.0285 e. The maximum absolute atomic E-state index is 3.65. The standard InChI is InChI=1S/C25H43Br.H3N/c1-4-5-6-7-8-9-10-11-12-13-14-15-16-17-18-25-23(3)22(2)19-20-24(25)21-26;/h19-20H,4-18,21H2,1-3H3;1H3. The fourth-order valence-corrected chi connectivity index (χ4v) is 4.42. The van der Waals surface area contributed by atoms with Crippen LogP contribution in [0.25, 0.3) is 0 Å². The molecular formula is C25H46BrN. The fraction of sp³-hybridized carbons (Fsp3) is 0.760. The Morgan fingerprint density at radius 3 is 1.56 bits per heavy atom. The van der Waals surface area contributed by atoms with E-state index < -0.39 is 0 Å². The number of alkyl halides is 1. The van der Waals surface area contributed by atoms with Gasteiger partial charge in [-0.3, -0.25) is 0 Å². The van der Waals surface area contributed by atoms with Gasteiger partial charge in [-0.25, -0.2) is 0 Å². The van der Waals surface area contributed by atoms with Crippen molar-refractivity contribution < 1.29 is 0 Å². The van der Waals surface area contributed by atoms with Crippen LogP contribution in [0.5, 0.6) is 0 Å². The van der Waals surface area contributed by atoms with Crippen molar-refractivity contribution in [3.05, 3.63) is 34.4 Å². The molecule has 0 aliphatic rings. The number of hydrogen-bond acceptors (Lipinski definition) is 1. The molecule has 3 N–H and O–H groups in total. The molecule has 0 saturated carbocycles. The van der Waals surface area contributed by atoms with E-state index in [4.69, 9.17) is 0 Å². The number of aryl methyl sites for hydroxylation is 1. The molecule has 1 rings (SSSR count). The van der Waals surface area contributed by atoms with Crippen molar-refractivity contribution in [3.8, 4) is 0 Å². The Morgan fingerprint density at radius 2 is 1.11 bits per heavy atom. The minimum Gasteiger partial charge on any atom is -0.344 e. The van der Waals surface area contributed by atoms with E-state index in [1.807, 2.05) is 0 Å². The Morgan fingerprint density at radius 1 is 0.667 bits per heavy atom. The summed E-state index contributed by atoms with van der Waals surface area (Å²) in [5.74, 6) is 0. The first-order chi connectivity index (χ1) is 12.7. The molecule has 0 unspecified atom stereocenters. The zero-order valence-corrected chi connectivity index (χ0v) is 20.1. The average molecular weight is 441 g/mol. The van der Waals surface area contributed by atoms with Crippen LogP contribution in [0.4, 0.5) is 0 Å². The number of rotatable bonds is 16. The van der Waals surface area contributed by atoms with E-state index in [2.05, 4.69) is 48.8 Å². The zero-order valence-electron chi connectivity index (χ0n) is 18.6. The number of unbranched alkanes of at least 4 members (excludes halogenated alkanes) is 13. The summed E-state index contributed by atoms with van der Waals surface area (Å²) in [4.78, 5) is 0. The van der Waals surface area contributed by atoms with Crippen LogP contribution in [-0.2, 0) is 11.8 Å². The molecule has 0 heterocycles. The minimum atomic E-state index is 0. The molecule has 0 radical (unpaired) electrons. The Bertz CT molecular complexity index is 470. The third kappa shape index (κ3) is 12.0. The van der Waals surface area contributed by atoms with Crippen LogP contribution < -0.4 is 6.15 Å². The first kappa shape index (κ1) is 26.7. The number of hydrogen-bond donors (Lipinski definition) is 1. The number of halogens is 1. The normalized spacial score (nSPS) is 10.8. The highest BCUT2D eigenvalue weighted by Gasteiger charge is 2.07. The summed E-state index contributed by atoms with van der Waals surface area (Å²) < 4.78 is 0. The van der Waals surface area contributed by atoms with Crippen molar-refractivity contribution in [2.75, 3.05) is 0 Å². The third-order valence-corrected chi connectivity index (χ3v) is 6.49. The zero-order chi connectivity index (χ0) is 19.0. The van der Waals surface area contributed by atoms with Crippen LogP contribution in [0, 0.1) is 13.8 Å². The Balaban J connectivity index is 0.00000676. The molecule has 0 aliphatic heterocycles. The molecule has 0 spiro atoms. The summed E-state index contributed by atoms with van der Waals surface area (Å²) in [6.45, 7) is 6.83. The smallest absolute Gasteiger partial charge is 0.0285 e. The van der Waals surface area contributed by atoms with Gasteiger partial charge in [0.05, 0.1) is 0 Å². The van der Waals surface area contributed by atoms with Gasteiger partial charge in [0.1, 0.15) is 0 Å². The predicted octanol–water partition coefficient (Wildman–Crippen LogP) is 9.38. The largest absolute Gasteiger partial charge is 0.344 e. The summed E-state index contributed by atoms with van der Waals surface area (Å²) in [5, 5.41) is 0.988. The summed E-state index contributed by atoms with van der Waals surface area (Å²) in [6.07, 6.45) is 21.3. The molecule has 0 aromatic heterocycles. The Kier molecular flexibility index (Phi) is 17.5. The highest BCUT2D eigenvalue weighted by molar-refractivity contribution is 9.08. The molecule has 0 fully saturated rings. The third-order valence-electron chi connectivity index (χ3n) is 5.89. The lowest BCUT2D eigenvalue weighted by Crippen LogP contribution is -1.98. The first-order valence-corrected chi connectivity index (χ1v) is 12.5. The Labute approximate surface area is 178 Å². The van der Waals surface area contributed by atoms with Gasteiger partial charge in [0, 0.05) is 5.33 Å². The van der Waals surface area contributed by atoms with Crippen LogP contribution in [0.2, 0.25) is 0 Å². The van der Waals surface area contributed by atoms with Crippen LogP contribution in [-0.4, -0.2) is 0 Å². The van der Waals surface area contributed by atoms with Crippen LogP contribution in [0.3, 0.4) is 0 Å². The van der Waals surface area contributed by atoms with E-state index in [1.165, 1.54) is 113 Å². The summed E-state index contributed by atoms with van der Waals surface area (Å²) >= 11 is 3.65. The average Bonchev–Trinajstić information content (AvgIpc) is 2.65. The van der Waals surface area contributed by atoms with Crippen molar-refractivity contribution in [2.24, 2.45) is 0 Å². The highest BCUT2D eigenvalue weighted by Crippen LogP contribution is 2.23. The van der Waals surface area contributed by atoms with E-state index >= 15 is 0 Å². The summed E-state index contributed by atoms with van der Waals surface area (Å²) in [6, 6.07) is 4.57. The van der Waals surface area contributed by atoms with E-state index in [9.17, 15) is 0 Å². The minimum absolute atomic E-state index is 0. The SMILES string of the molecule is CCCCCCCCCCCCCCCCc1c(CBr)ccc(C)c1C.N. The van der Waals surface area contributed by atoms with Gasteiger partial charge in [0.25, 0.3) is 0 Å². The topological polar surface area (TPSA) is 35.0 Å². The van der Waals surface area contributed by atoms with Gasteiger partial charge in [-0.05, 0) is 48.9 Å². The molecule has 1 nitrogen and oxygen atoms in total. The van der Waals surface area contributed by atoms with Gasteiger partial charge in [-0.1, -0.05) is 118 Å². The molecule has 0 aliphatic carbocycles. The molecule has 0 amide bonds. The Hall–Kier alpha value is -0.340. The van der Waals surface area contributed by atoms with E-state index in [0.717, 1.165) is 5.33 Å². The molecule has 0 atom stereocenters. The second kappa shape index (κ2) is 17.7. The quantitative estimate of drug-likeness (QED) is 0.202. The van der Waals surface area contributed by atoms with E-state index in [0.29, 0.717) is 0 Å². The van der Waals surface area contributed by atoms with E-state index in [-0.39, 0.29) is 6.15 Å². The molecule has 0 bridgehead atoms. The second-order valence-corrected chi connectivity index (χ2v) is 8.69. The van der Waals surface area contributed by atoms with Gasteiger partial charge < -0.3 is 6.15 Å². The summed E-state index contributed by atoms with van der Waals surface area (Å²) in [7, 11) is 0. The van der Waals surface area contributed by atoms with Gasteiger partial charge >= 0.3 is 0 Å². The second-order valence-electron chi connectivity index (χ2n) is 8.12. The molecule has 1 aromatic rings. The van der Waals surface area contributed by atoms with Crippen molar-refractivity contribution in [1.82, 2.24) is 6.15 Å². The van der Waals surface area contributed by atoms with Gasteiger partial charge in [0.15, 0.2) is 0 Å². The van der Waals surface area contributed by atoms with E-state index in [1.54, 1.807) is 5.56 Å². The molecule has 0 saturated heterocycles. The molecule has 27 heavy (non-hydrogen) atoms. The van der Waals surface area contributed by atoms with Gasteiger partial charge in [0.2, 0.25) is 0 Å². The highest BCUT2D eigenvalue weighted by atomic mass is 79.9. The van der Waals surface area contributed by atoms with Crippen molar-refractivity contribution >= 4 is 15.9 Å². The summed E-state index contributed by atoms with van der Waals surface area (Å²) in [5.41, 5.74) is 6.04. The molecule has 158 valence electrons. The monoisotopic (exact) mass is 439 g/mol. The lowest BCUT2D eigenvalue weighted by molar-refractivity contribution is 0.535. The van der Waals surface area contributed by atoms with Gasteiger partial charge in [-0.15, -0.1) is 0 Å². The van der Waals surface area contributed by atoms with Gasteiger partial charge in [-0.2, -0.15) is 0 Å². The fourth-order valence-electron chi connectivity index (χ4n) is 3.90. The maximum atomic E-state index is 3.65. The predicted molar refractivity (Wildman–Crippen MR) is 128 cm³/mol. The first-order valence-electron chi connectivity index (χ1n) is 11.3. The van der Waals surface area contributed by atoms with Crippen molar-refractivity contribution in [3.63, 3.8) is 0 Å². The van der Waals surface area contributed by atoms with Crippen LogP contribution in [0.15, 0.2) is 12.1 Å². The lowest BCUT2D eigenvalue weighted by atomic mass is 9.94. The molecule has 2 heteroatoms.